The maximum Gasteiger partial charge on any atom is 0.471 e. The fourth-order valence-corrected chi connectivity index (χ4v) is 5.16. The van der Waals surface area contributed by atoms with Gasteiger partial charge in [0.1, 0.15) is 18.1 Å². The van der Waals surface area contributed by atoms with Gasteiger partial charge in [-0.3, -0.25) is 14.4 Å². The average molecular weight is 569 g/mol. The first-order valence-electron chi connectivity index (χ1n) is 11.3. The number of pyridine rings is 1. The molecule has 192 valence electrons. The van der Waals surface area contributed by atoms with Crippen LogP contribution in [0.2, 0.25) is 0 Å². The fraction of sp³-hybridized carbons (Fsp3) is 0.522. The summed E-state index contributed by atoms with van der Waals surface area (Å²) in [6.45, 7) is 3.80. The van der Waals surface area contributed by atoms with Crippen LogP contribution in [0.25, 0.3) is 5.52 Å². The first kappa shape index (κ1) is 25.9. The molecule has 9 nitrogen and oxygen atoms in total. The quantitative estimate of drug-likeness (QED) is 0.555. The maximum absolute atomic E-state index is 13.4. The highest BCUT2D eigenvalue weighted by molar-refractivity contribution is 9.10. The van der Waals surface area contributed by atoms with Gasteiger partial charge in [-0.05, 0) is 58.7 Å². The topological polar surface area (TPSA) is 120 Å². The first-order valence-corrected chi connectivity index (χ1v) is 12.1. The summed E-state index contributed by atoms with van der Waals surface area (Å²) < 4.78 is 40.8. The van der Waals surface area contributed by atoms with Crippen LogP contribution in [0.15, 0.2) is 29.0 Å². The Balaban J connectivity index is 1.57. The smallest absolute Gasteiger partial charge is 0.336 e. The van der Waals surface area contributed by atoms with E-state index in [0.717, 1.165) is 0 Å². The summed E-state index contributed by atoms with van der Waals surface area (Å²) in [7, 11) is 0. The van der Waals surface area contributed by atoms with Gasteiger partial charge in [-0.15, -0.1) is 0 Å². The van der Waals surface area contributed by atoms with Crippen LogP contribution in [0, 0.1) is 22.7 Å². The minimum Gasteiger partial charge on any atom is -0.336 e. The second-order valence-corrected chi connectivity index (χ2v) is 10.8. The monoisotopic (exact) mass is 568 g/mol. The predicted molar refractivity (Wildman–Crippen MR) is 124 cm³/mol. The first-order chi connectivity index (χ1) is 16.8. The van der Waals surface area contributed by atoms with E-state index in [9.17, 15) is 32.8 Å². The number of halogens is 4. The molecule has 1 saturated carbocycles. The lowest BCUT2D eigenvalue weighted by molar-refractivity contribution is -0.175. The van der Waals surface area contributed by atoms with Crippen molar-refractivity contribution < 1.29 is 27.6 Å². The second-order valence-electron chi connectivity index (χ2n) is 9.96. The number of amides is 3. The summed E-state index contributed by atoms with van der Waals surface area (Å²) in [5.74, 6) is -3.94. The SMILES string of the molecule is CC1(C)CC(C(=O)NC(C#N)c2cnn3cccc(Br)c23)N(C(=O)C(NC(=O)C(F)(F)F)C2CC2)C1. The van der Waals surface area contributed by atoms with E-state index in [4.69, 9.17) is 0 Å². The van der Waals surface area contributed by atoms with E-state index in [1.165, 1.54) is 11.1 Å². The number of aromatic nitrogens is 2. The highest BCUT2D eigenvalue weighted by Crippen LogP contribution is 2.39. The van der Waals surface area contributed by atoms with E-state index in [2.05, 4.69) is 26.3 Å². The molecule has 2 aliphatic rings. The minimum absolute atomic E-state index is 0.120. The Morgan fingerprint density at radius 2 is 1.97 bits per heavy atom. The van der Waals surface area contributed by atoms with Gasteiger partial charge in [-0.2, -0.15) is 23.5 Å². The average Bonchev–Trinajstić information content (AvgIpc) is 3.45. The Labute approximate surface area is 213 Å². The second kappa shape index (κ2) is 9.38. The number of fused-ring (bicyclic) bond motifs is 1. The van der Waals surface area contributed by atoms with Gasteiger partial charge in [0, 0.05) is 22.8 Å². The van der Waals surface area contributed by atoms with Gasteiger partial charge in [0.15, 0.2) is 0 Å². The lowest BCUT2D eigenvalue weighted by atomic mass is 9.90. The van der Waals surface area contributed by atoms with Crippen molar-refractivity contribution in [2.45, 2.75) is 57.4 Å². The third-order valence-corrected chi connectivity index (χ3v) is 7.10. The Morgan fingerprint density at radius 3 is 2.58 bits per heavy atom. The van der Waals surface area contributed by atoms with Crippen molar-refractivity contribution >= 4 is 39.2 Å². The summed E-state index contributed by atoms with van der Waals surface area (Å²) in [4.78, 5) is 39.6. The van der Waals surface area contributed by atoms with Crippen LogP contribution >= 0.6 is 15.9 Å². The van der Waals surface area contributed by atoms with Crippen molar-refractivity contribution in [3.63, 3.8) is 0 Å². The molecular weight excluding hydrogens is 545 g/mol. The minimum atomic E-state index is -5.13. The third kappa shape index (κ3) is 5.18. The summed E-state index contributed by atoms with van der Waals surface area (Å²) in [5, 5.41) is 18.5. The molecule has 3 atom stereocenters. The van der Waals surface area contributed by atoms with E-state index >= 15 is 0 Å². The van der Waals surface area contributed by atoms with Gasteiger partial charge in [0.05, 0.1) is 17.8 Å². The molecule has 3 amide bonds. The van der Waals surface area contributed by atoms with Crippen molar-refractivity contribution in [2.75, 3.05) is 6.54 Å². The molecule has 1 saturated heterocycles. The van der Waals surface area contributed by atoms with E-state index in [1.807, 2.05) is 25.2 Å². The van der Waals surface area contributed by atoms with E-state index in [1.54, 1.807) is 22.8 Å². The Bertz CT molecular complexity index is 1250. The van der Waals surface area contributed by atoms with Gasteiger partial charge in [-0.1, -0.05) is 13.8 Å². The lowest BCUT2D eigenvalue weighted by Gasteiger charge is -2.29. The zero-order valence-electron chi connectivity index (χ0n) is 19.5. The number of rotatable bonds is 6. The molecule has 2 aromatic rings. The fourth-order valence-electron chi connectivity index (χ4n) is 4.60. The van der Waals surface area contributed by atoms with Crippen molar-refractivity contribution in [1.82, 2.24) is 25.1 Å². The van der Waals surface area contributed by atoms with Crippen molar-refractivity contribution in [2.24, 2.45) is 11.3 Å². The Morgan fingerprint density at radius 1 is 1.28 bits per heavy atom. The van der Waals surface area contributed by atoms with Crippen LogP contribution in [-0.2, 0) is 14.4 Å². The summed E-state index contributed by atoms with van der Waals surface area (Å²) >= 11 is 3.42. The van der Waals surface area contributed by atoms with Crippen LogP contribution in [0.1, 0.15) is 44.7 Å². The summed E-state index contributed by atoms with van der Waals surface area (Å²) in [6, 6.07) is 2.10. The molecule has 0 radical (unpaired) electrons. The zero-order chi connectivity index (χ0) is 26.4. The number of nitrogens with zero attached hydrogens (tertiary/aromatic N) is 4. The van der Waals surface area contributed by atoms with E-state index in [-0.39, 0.29) is 13.0 Å². The predicted octanol–water partition coefficient (Wildman–Crippen LogP) is 2.86. The van der Waals surface area contributed by atoms with Crippen molar-refractivity contribution in [3.8, 4) is 6.07 Å². The lowest BCUT2D eigenvalue weighted by Crippen LogP contribution is -2.56. The highest BCUT2D eigenvalue weighted by atomic mass is 79.9. The van der Waals surface area contributed by atoms with Crippen LogP contribution in [-0.4, -0.2) is 57.0 Å². The number of nitrogens with one attached hydrogen (secondary N) is 2. The van der Waals surface area contributed by atoms with Gasteiger partial charge in [-0.25, -0.2) is 4.52 Å². The number of alkyl halides is 3. The number of carbonyl (C=O) groups excluding carboxylic acids is 3. The molecule has 3 heterocycles. The van der Waals surface area contributed by atoms with Crippen LogP contribution < -0.4 is 10.6 Å². The summed E-state index contributed by atoms with van der Waals surface area (Å²) in [5.41, 5.74) is 0.532. The molecule has 36 heavy (non-hydrogen) atoms. The molecule has 0 spiro atoms. The molecule has 1 aliphatic heterocycles. The third-order valence-electron chi connectivity index (χ3n) is 6.46. The maximum atomic E-state index is 13.4. The Hall–Kier alpha value is -3.14. The Kier molecular flexibility index (Phi) is 6.76. The molecule has 4 rings (SSSR count). The zero-order valence-corrected chi connectivity index (χ0v) is 21.1. The number of carbonyl (C=O) groups is 3. The van der Waals surface area contributed by atoms with Gasteiger partial charge in [0.2, 0.25) is 11.8 Å². The number of nitriles is 1. The largest absolute Gasteiger partial charge is 0.471 e. The summed E-state index contributed by atoms with van der Waals surface area (Å²) in [6.07, 6.45) is -0.729. The molecule has 0 bridgehead atoms. The van der Waals surface area contributed by atoms with Gasteiger partial charge >= 0.3 is 12.1 Å². The van der Waals surface area contributed by atoms with Gasteiger partial charge < -0.3 is 15.5 Å². The van der Waals surface area contributed by atoms with Crippen molar-refractivity contribution in [1.29, 1.82) is 5.26 Å². The molecular formula is C23H24BrF3N6O3. The van der Waals surface area contributed by atoms with Gasteiger partial charge in [0.25, 0.3) is 0 Å². The number of likely N-dealkylation sites (tertiary alicyclic amines) is 1. The van der Waals surface area contributed by atoms with Crippen LogP contribution in [0.3, 0.4) is 0 Å². The standard InChI is InChI=1S/C23H24BrF3N6O3/c1-22(2)8-16(32(11-22)20(35)17(12-5-6-12)31-21(36)23(25,26)27)19(34)30-15(9-28)13-10-29-33-7-3-4-14(24)18(13)33/h3-4,7,10,12,15-17H,5-6,8,11H2,1-2H3,(H,30,34)(H,31,36). The number of hydrogen-bond acceptors (Lipinski definition) is 5. The molecule has 2 fully saturated rings. The molecule has 13 heteroatoms. The number of hydrogen-bond donors (Lipinski definition) is 2. The van der Waals surface area contributed by atoms with E-state index < -0.39 is 53.4 Å². The molecule has 2 N–H and O–H groups in total. The van der Waals surface area contributed by atoms with Crippen LogP contribution in [0.4, 0.5) is 13.2 Å². The van der Waals surface area contributed by atoms with E-state index in [0.29, 0.717) is 28.4 Å². The molecule has 0 aromatic carbocycles. The van der Waals surface area contributed by atoms with Crippen LogP contribution in [0.5, 0.6) is 0 Å². The highest BCUT2D eigenvalue weighted by Gasteiger charge is 2.50. The molecule has 2 aromatic heterocycles. The molecule has 1 aliphatic carbocycles. The molecule has 3 unspecified atom stereocenters. The van der Waals surface area contributed by atoms with Crippen molar-refractivity contribution in [3.05, 3.63) is 34.6 Å². The normalized spacial score (nSPS) is 21.0.